The summed E-state index contributed by atoms with van der Waals surface area (Å²) < 4.78 is 5.46. The lowest BCUT2D eigenvalue weighted by molar-refractivity contribution is -0.143. The van der Waals surface area contributed by atoms with E-state index in [2.05, 4.69) is 61.7 Å². The van der Waals surface area contributed by atoms with Gasteiger partial charge in [-0.05, 0) is 83.5 Å². The minimum absolute atomic E-state index is 0.0320. The fraction of sp³-hybridized carbons (Fsp3) is 0.815. The van der Waals surface area contributed by atoms with E-state index in [1.807, 2.05) is 12.2 Å². The minimum atomic E-state index is -0.883. The number of carbonyl (C=O) groups is 2. The van der Waals surface area contributed by atoms with E-state index in [9.17, 15) is 19.8 Å². The number of rotatable bonds is 57. The third-order valence-electron chi connectivity index (χ3n) is 14.0. The Hall–Kier alpha value is -2.44. The summed E-state index contributed by atoms with van der Waals surface area (Å²) in [5.74, 6) is -0.180. The molecule has 0 spiro atoms. The maximum atomic E-state index is 12.5. The molecule has 2 unspecified atom stereocenters. The number of carbonyl (C=O) groups excluding carboxylic acids is 2. The van der Waals surface area contributed by atoms with Crippen LogP contribution in [0.4, 0.5) is 0 Å². The molecule has 0 heterocycles. The van der Waals surface area contributed by atoms with Crippen molar-refractivity contribution in [3.63, 3.8) is 0 Å². The molecule has 0 aliphatic carbocycles. The topological polar surface area (TPSA) is 95.9 Å². The van der Waals surface area contributed by atoms with Crippen LogP contribution in [0, 0.1) is 0 Å². The van der Waals surface area contributed by atoms with Crippen LogP contribution in [0.3, 0.4) is 0 Å². The van der Waals surface area contributed by atoms with Crippen molar-refractivity contribution >= 4 is 11.9 Å². The van der Waals surface area contributed by atoms with Gasteiger partial charge in [0.2, 0.25) is 5.91 Å². The van der Waals surface area contributed by atoms with E-state index < -0.39 is 12.1 Å². The second-order valence-electron chi connectivity index (χ2n) is 21.0. The Morgan fingerprint density at radius 3 is 1.11 bits per heavy atom. The third kappa shape index (κ3) is 56.7. The quantitative estimate of drug-likeness (QED) is 0.0321. The molecule has 0 radical (unpaired) electrons. The highest BCUT2D eigenvalue weighted by molar-refractivity contribution is 5.76. The molecular formula is C65H119NO5. The third-order valence-corrected chi connectivity index (χ3v) is 14.0. The van der Waals surface area contributed by atoms with Crippen LogP contribution in [0.15, 0.2) is 60.8 Å². The van der Waals surface area contributed by atoms with Crippen molar-refractivity contribution in [2.24, 2.45) is 0 Å². The predicted molar refractivity (Wildman–Crippen MR) is 310 cm³/mol. The van der Waals surface area contributed by atoms with Crippen molar-refractivity contribution < 1.29 is 24.5 Å². The molecule has 6 nitrogen and oxygen atoms in total. The largest absolute Gasteiger partial charge is 0.466 e. The first-order chi connectivity index (χ1) is 35.0. The second kappa shape index (κ2) is 60.1. The number of allylic oxidation sites excluding steroid dienone is 9. The molecule has 1 amide bonds. The first kappa shape index (κ1) is 68.6. The highest BCUT2D eigenvalue weighted by Gasteiger charge is 2.17. The maximum Gasteiger partial charge on any atom is 0.305 e. The van der Waals surface area contributed by atoms with Gasteiger partial charge in [0, 0.05) is 12.8 Å². The van der Waals surface area contributed by atoms with Crippen molar-refractivity contribution in [3.8, 4) is 0 Å². The number of hydrogen-bond acceptors (Lipinski definition) is 5. The Balaban J connectivity index is 3.57. The molecule has 71 heavy (non-hydrogen) atoms. The van der Waals surface area contributed by atoms with Gasteiger partial charge in [0.1, 0.15) is 0 Å². The van der Waals surface area contributed by atoms with E-state index >= 15 is 0 Å². The van der Waals surface area contributed by atoms with Gasteiger partial charge in [0.15, 0.2) is 0 Å². The standard InChI is InChI=1S/C65H119NO5/c1-3-5-7-9-11-13-15-17-19-21-22-23-24-25-26-27-28-29-30-33-37-41-45-49-53-57-63(68)62(61-67)66-64(69)58-54-50-46-42-38-34-32-36-40-44-48-52-56-60-71-65(70)59-55-51-47-43-39-35-31-20-18-16-14-12-10-8-6-4-2/h14,16,20,31,34,38,46,50,53,57,62-63,67-68H,3-13,15,17-19,21-30,32-33,35-37,39-45,47-49,51-52,54-56,58-61H2,1-2H3,(H,66,69)/b16-14-,31-20-,38-34-,50-46-,57-53+. The Kier molecular flexibility index (Phi) is 58.1. The van der Waals surface area contributed by atoms with Crippen molar-refractivity contribution in [2.45, 2.75) is 328 Å². The van der Waals surface area contributed by atoms with E-state index in [1.165, 1.54) is 218 Å². The summed E-state index contributed by atoms with van der Waals surface area (Å²) in [5.41, 5.74) is 0. The average Bonchev–Trinajstić information content (AvgIpc) is 3.37. The number of nitrogens with one attached hydrogen (secondary N) is 1. The van der Waals surface area contributed by atoms with Gasteiger partial charge >= 0.3 is 5.97 Å². The van der Waals surface area contributed by atoms with Gasteiger partial charge in [-0.1, -0.05) is 280 Å². The summed E-state index contributed by atoms with van der Waals surface area (Å²) in [6.07, 6.45) is 78.4. The highest BCUT2D eigenvalue weighted by Crippen LogP contribution is 2.17. The van der Waals surface area contributed by atoms with Crippen molar-refractivity contribution in [1.82, 2.24) is 5.32 Å². The molecule has 0 aromatic carbocycles. The molecule has 2 atom stereocenters. The lowest BCUT2D eigenvalue weighted by Gasteiger charge is -2.19. The molecule has 0 rings (SSSR count). The fourth-order valence-electron chi connectivity index (χ4n) is 9.24. The van der Waals surface area contributed by atoms with Gasteiger partial charge in [0.05, 0.1) is 25.4 Å². The number of ether oxygens (including phenoxy) is 1. The summed E-state index contributed by atoms with van der Waals surface area (Å²) in [4.78, 5) is 24.5. The molecule has 414 valence electrons. The van der Waals surface area contributed by atoms with Crippen LogP contribution < -0.4 is 5.32 Å². The molecule has 0 aliphatic heterocycles. The molecule has 0 aliphatic rings. The molecule has 0 saturated heterocycles. The molecule has 0 bridgehead atoms. The first-order valence-electron chi connectivity index (χ1n) is 31.1. The van der Waals surface area contributed by atoms with Gasteiger partial charge in [-0.3, -0.25) is 9.59 Å². The zero-order valence-electron chi connectivity index (χ0n) is 47.2. The molecule has 0 saturated carbocycles. The van der Waals surface area contributed by atoms with E-state index in [4.69, 9.17) is 4.74 Å². The average molecular weight is 995 g/mol. The van der Waals surface area contributed by atoms with Crippen LogP contribution >= 0.6 is 0 Å². The SMILES string of the molecule is CCCCCC/C=C\C/C=C\CCCCCCCC(=O)OCCCCCCCC/C=C\C/C=C\CCC(=O)NC(CO)C(O)/C=C/CCCCCCCCCCCCCCCCCCCCCCCCC. The zero-order chi connectivity index (χ0) is 51.4. The van der Waals surface area contributed by atoms with Crippen LogP contribution in [0.2, 0.25) is 0 Å². The molecule has 0 aromatic rings. The Morgan fingerprint density at radius 1 is 0.394 bits per heavy atom. The van der Waals surface area contributed by atoms with Crippen molar-refractivity contribution in [1.29, 1.82) is 0 Å². The van der Waals surface area contributed by atoms with Gasteiger partial charge in [-0.2, -0.15) is 0 Å². The van der Waals surface area contributed by atoms with Gasteiger partial charge < -0.3 is 20.3 Å². The maximum absolute atomic E-state index is 12.5. The molecule has 0 fully saturated rings. The molecular weight excluding hydrogens is 875 g/mol. The van der Waals surface area contributed by atoms with E-state index in [0.29, 0.717) is 25.9 Å². The van der Waals surface area contributed by atoms with E-state index in [0.717, 1.165) is 64.2 Å². The molecule has 3 N–H and O–H groups in total. The van der Waals surface area contributed by atoms with Crippen LogP contribution in [-0.4, -0.2) is 47.4 Å². The summed E-state index contributed by atoms with van der Waals surface area (Å²) in [5, 5.41) is 23.1. The number of amides is 1. The van der Waals surface area contributed by atoms with Crippen LogP contribution in [0.1, 0.15) is 316 Å². The van der Waals surface area contributed by atoms with Gasteiger partial charge in [0.25, 0.3) is 0 Å². The van der Waals surface area contributed by atoms with Crippen LogP contribution in [0.25, 0.3) is 0 Å². The number of esters is 1. The van der Waals surface area contributed by atoms with E-state index in [-0.39, 0.29) is 18.5 Å². The Labute approximate surface area is 441 Å². The highest BCUT2D eigenvalue weighted by atomic mass is 16.5. The lowest BCUT2D eigenvalue weighted by Crippen LogP contribution is -2.45. The lowest BCUT2D eigenvalue weighted by atomic mass is 10.0. The molecule has 6 heteroatoms. The second-order valence-corrected chi connectivity index (χ2v) is 21.0. The predicted octanol–water partition coefficient (Wildman–Crippen LogP) is 19.5. The monoisotopic (exact) mass is 994 g/mol. The number of aliphatic hydroxyl groups excluding tert-OH is 2. The summed E-state index contributed by atoms with van der Waals surface area (Å²) >= 11 is 0. The Morgan fingerprint density at radius 2 is 0.718 bits per heavy atom. The van der Waals surface area contributed by atoms with E-state index in [1.54, 1.807) is 6.08 Å². The first-order valence-corrected chi connectivity index (χ1v) is 31.1. The Bertz CT molecular complexity index is 1240. The summed E-state index contributed by atoms with van der Waals surface area (Å²) in [6.45, 7) is 4.83. The summed E-state index contributed by atoms with van der Waals surface area (Å²) in [6, 6.07) is -0.675. The van der Waals surface area contributed by atoms with Crippen LogP contribution in [-0.2, 0) is 14.3 Å². The smallest absolute Gasteiger partial charge is 0.305 e. The number of hydrogen-bond donors (Lipinski definition) is 3. The normalized spacial score (nSPS) is 13.0. The number of aliphatic hydroxyl groups is 2. The van der Waals surface area contributed by atoms with Gasteiger partial charge in [-0.15, -0.1) is 0 Å². The number of unbranched alkanes of at least 4 members (excludes halogenated alkanes) is 38. The van der Waals surface area contributed by atoms with Crippen LogP contribution in [0.5, 0.6) is 0 Å². The fourth-order valence-corrected chi connectivity index (χ4v) is 9.24. The minimum Gasteiger partial charge on any atom is -0.466 e. The molecule has 0 aromatic heterocycles. The van der Waals surface area contributed by atoms with Crippen molar-refractivity contribution in [3.05, 3.63) is 60.8 Å². The zero-order valence-corrected chi connectivity index (χ0v) is 47.2. The summed E-state index contributed by atoms with van der Waals surface area (Å²) in [7, 11) is 0. The van der Waals surface area contributed by atoms with Crippen molar-refractivity contribution in [2.75, 3.05) is 13.2 Å². The van der Waals surface area contributed by atoms with Gasteiger partial charge in [-0.25, -0.2) is 0 Å².